The Morgan fingerprint density at radius 2 is 2.43 bits per heavy atom. The topological polar surface area (TPSA) is 63.8 Å². The van der Waals surface area contributed by atoms with Crippen LogP contribution in [-0.4, -0.2) is 22.8 Å². The van der Waals surface area contributed by atoms with Crippen LogP contribution in [0, 0.1) is 12.8 Å². The van der Waals surface area contributed by atoms with Gasteiger partial charge in [0.05, 0.1) is 6.20 Å². The summed E-state index contributed by atoms with van der Waals surface area (Å²) >= 11 is 0. The predicted octanol–water partition coefficient (Wildman–Crippen LogP) is 0.934. The van der Waals surface area contributed by atoms with Crippen molar-refractivity contribution >= 4 is 5.82 Å². The Kier molecular flexibility index (Phi) is 2.63. The highest BCUT2D eigenvalue weighted by atomic mass is 15.2. The zero-order valence-corrected chi connectivity index (χ0v) is 8.40. The Hall–Kier alpha value is -1.16. The zero-order chi connectivity index (χ0) is 9.97. The Bertz CT molecular complexity index is 309. The average Bonchev–Trinajstić information content (AvgIpc) is 2.97. The number of hydrogen-bond donors (Lipinski definition) is 2. The maximum absolute atomic E-state index is 5.69. The summed E-state index contributed by atoms with van der Waals surface area (Å²) in [5.74, 6) is 1.58. The van der Waals surface area contributed by atoms with E-state index in [1.165, 1.54) is 12.8 Å². The fourth-order valence-corrected chi connectivity index (χ4v) is 1.59. The molecule has 1 fully saturated rings. The van der Waals surface area contributed by atoms with Crippen molar-refractivity contribution in [2.45, 2.75) is 25.8 Å². The molecule has 0 radical (unpaired) electrons. The fraction of sp³-hybridized carbons (Fsp3) is 0.600. The van der Waals surface area contributed by atoms with E-state index in [1.54, 1.807) is 6.20 Å². The standard InChI is InChI=1S/C10H16N4/c1-7-4-10(14-12-6-7)13-9(5-11)8-2-3-8/h4,6,8-9H,2-3,5,11H2,1H3,(H,13,14). The smallest absolute Gasteiger partial charge is 0.149 e. The number of anilines is 1. The van der Waals surface area contributed by atoms with E-state index in [1.807, 2.05) is 13.0 Å². The van der Waals surface area contributed by atoms with Crippen LogP contribution in [0.2, 0.25) is 0 Å². The number of nitrogens with two attached hydrogens (primary N) is 1. The molecule has 0 amide bonds. The number of hydrogen-bond acceptors (Lipinski definition) is 4. The molecular weight excluding hydrogens is 176 g/mol. The molecule has 0 aromatic carbocycles. The summed E-state index contributed by atoms with van der Waals surface area (Å²) in [5.41, 5.74) is 6.81. The molecule has 2 rings (SSSR count). The summed E-state index contributed by atoms with van der Waals surface area (Å²) < 4.78 is 0. The highest BCUT2D eigenvalue weighted by molar-refractivity contribution is 5.36. The second-order valence-corrected chi connectivity index (χ2v) is 3.94. The Morgan fingerprint density at radius 3 is 3.00 bits per heavy atom. The van der Waals surface area contributed by atoms with Crippen molar-refractivity contribution in [3.63, 3.8) is 0 Å². The lowest BCUT2D eigenvalue weighted by Crippen LogP contribution is -2.31. The number of aromatic nitrogens is 2. The summed E-state index contributed by atoms with van der Waals surface area (Å²) in [6.45, 7) is 2.68. The minimum Gasteiger partial charge on any atom is -0.364 e. The molecule has 4 nitrogen and oxygen atoms in total. The zero-order valence-electron chi connectivity index (χ0n) is 8.40. The van der Waals surface area contributed by atoms with E-state index in [-0.39, 0.29) is 0 Å². The van der Waals surface area contributed by atoms with Gasteiger partial charge in [-0.3, -0.25) is 0 Å². The number of nitrogens with zero attached hydrogens (tertiary/aromatic N) is 2. The highest BCUT2D eigenvalue weighted by Gasteiger charge is 2.30. The van der Waals surface area contributed by atoms with Gasteiger partial charge in [0.15, 0.2) is 0 Å². The number of aryl methyl sites for hydroxylation is 1. The number of rotatable bonds is 4. The van der Waals surface area contributed by atoms with Gasteiger partial charge in [0, 0.05) is 12.6 Å². The lowest BCUT2D eigenvalue weighted by Gasteiger charge is -2.16. The van der Waals surface area contributed by atoms with Gasteiger partial charge in [-0.1, -0.05) is 0 Å². The second-order valence-electron chi connectivity index (χ2n) is 3.94. The van der Waals surface area contributed by atoms with Crippen molar-refractivity contribution in [3.8, 4) is 0 Å². The summed E-state index contributed by atoms with van der Waals surface area (Å²) in [5, 5.41) is 11.3. The number of nitrogens with one attached hydrogen (secondary N) is 1. The van der Waals surface area contributed by atoms with Crippen molar-refractivity contribution in [2.24, 2.45) is 11.7 Å². The minimum atomic E-state index is 0.367. The predicted molar refractivity (Wildman–Crippen MR) is 56.0 cm³/mol. The molecule has 4 heteroatoms. The van der Waals surface area contributed by atoms with Crippen molar-refractivity contribution in [1.82, 2.24) is 10.2 Å². The minimum absolute atomic E-state index is 0.367. The molecule has 1 aromatic rings. The first-order valence-corrected chi connectivity index (χ1v) is 5.05. The lowest BCUT2D eigenvalue weighted by molar-refractivity contribution is 0.640. The van der Waals surface area contributed by atoms with Crippen molar-refractivity contribution in [1.29, 1.82) is 0 Å². The van der Waals surface area contributed by atoms with E-state index in [4.69, 9.17) is 5.73 Å². The molecule has 1 saturated carbocycles. The maximum atomic E-state index is 5.69. The summed E-state index contributed by atoms with van der Waals surface area (Å²) in [7, 11) is 0. The van der Waals surface area contributed by atoms with E-state index in [9.17, 15) is 0 Å². The monoisotopic (exact) mass is 192 g/mol. The van der Waals surface area contributed by atoms with E-state index in [2.05, 4.69) is 15.5 Å². The van der Waals surface area contributed by atoms with Crippen LogP contribution in [0.1, 0.15) is 18.4 Å². The van der Waals surface area contributed by atoms with Crippen molar-refractivity contribution in [3.05, 3.63) is 17.8 Å². The molecule has 1 atom stereocenters. The molecule has 3 N–H and O–H groups in total. The average molecular weight is 192 g/mol. The van der Waals surface area contributed by atoms with Crippen LogP contribution in [0.25, 0.3) is 0 Å². The van der Waals surface area contributed by atoms with Crippen LogP contribution in [0.15, 0.2) is 12.3 Å². The van der Waals surface area contributed by atoms with Gasteiger partial charge in [0.2, 0.25) is 0 Å². The maximum Gasteiger partial charge on any atom is 0.149 e. The van der Waals surface area contributed by atoms with Gasteiger partial charge < -0.3 is 11.1 Å². The van der Waals surface area contributed by atoms with Gasteiger partial charge in [-0.25, -0.2) is 0 Å². The van der Waals surface area contributed by atoms with Crippen LogP contribution in [0.3, 0.4) is 0 Å². The summed E-state index contributed by atoms with van der Waals surface area (Å²) in [6, 6.07) is 2.36. The first-order chi connectivity index (χ1) is 6.79. The van der Waals surface area contributed by atoms with Crippen molar-refractivity contribution < 1.29 is 0 Å². The third-order valence-electron chi connectivity index (χ3n) is 2.57. The van der Waals surface area contributed by atoms with Gasteiger partial charge >= 0.3 is 0 Å². The van der Waals surface area contributed by atoms with Gasteiger partial charge in [-0.15, -0.1) is 5.10 Å². The molecule has 1 heterocycles. The molecule has 0 bridgehead atoms. The van der Waals surface area contributed by atoms with E-state index < -0.39 is 0 Å². The largest absolute Gasteiger partial charge is 0.364 e. The lowest BCUT2D eigenvalue weighted by atomic mass is 10.2. The normalized spacial score (nSPS) is 17.9. The van der Waals surface area contributed by atoms with Gasteiger partial charge in [0.25, 0.3) is 0 Å². The fourth-order valence-electron chi connectivity index (χ4n) is 1.59. The van der Waals surface area contributed by atoms with Crippen LogP contribution >= 0.6 is 0 Å². The van der Waals surface area contributed by atoms with Gasteiger partial charge in [-0.2, -0.15) is 5.10 Å². The SMILES string of the molecule is Cc1cnnc(NC(CN)C2CC2)c1. The molecule has 76 valence electrons. The highest BCUT2D eigenvalue weighted by Crippen LogP contribution is 2.33. The quantitative estimate of drug-likeness (QED) is 0.745. The molecule has 0 spiro atoms. The van der Waals surface area contributed by atoms with Crippen LogP contribution in [0.4, 0.5) is 5.82 Å². The van der Waals surface area contributed by atoms with E-state index in [0.29, 0.717) is 12.6 Å². The summed E-state index contributed by atoms with van der Waals surface area (Å²) in [6.07, 6.45) is 4.32. The first-order valence-electron chi connectivity index (χ1n) is 5.05. The summed E-state index contributed by atoms with van der Waals surface area (Å²) in [4.78, 5) is 0. The molecule has 14 heavy (non-hydrogen) atoms. The molecule has 1 aliphatic carbocycles. The Balaban J connectivity index is 2.01. The van der Waals surface area contributed by atoms with Crippen LogP contribution in [-0.2, 0) is 0 Å². The molecule has 1 unspecified atom stereocenters. The molecule has 0 aliphatic heterocycles. The van der Waals surface area contributed by atoms with Crippen molar-refractivity contribution in [2.75, 3.05) is 11.9 Å². The van der Waals surface area contributed by atoms with Crippen LogP contribution < -0.4 is 11.1 Å². The van der Waals surface area contributed by atoms with E-state index >= 15 is 0 Å². The first kappa shape index (κ1) is 9.40. The second kappa shape index (κ2) is 3.92. The molecular formula is C10H16N4. The van der Waals surface area contributed by atoms with Gasteiger partial charge in [-0.05, 0) is 37.3 Å². The molecule has 1 aliphatic rings. The Labute approximate surface area is 83.9 Å². The molecule has 0 saturated heterocycles. The third kappa shape index (κ3) is 2.20. The molecule has 1 aromatic heterocycles. The van der Waals surface area contributed by atoms with Crippen LogP contribution in [0.5, 0.6) is 0 Å². The van der Waals surface area contributed by atoms with Gasteiger partial charge in [0.1, 0.15) is 5.82 Å². The Morgan fingerprint density at radius 1 is 1.64 bits per heavy atom. The van der Waals surface area contributed by atoms with E-state index in [0.717, 1.165) is 17.3 Å². The third-order valence-corrected chi connectivity index (χ3v) is 2.57.